The Balaban J connectivity index is 2.39. The van der Waals surface area contributed by atoms with E-state index in [2.05, 4.69) is 27.5 Å². The second-order valence-electron chi connectivity index (χ2n) is 4.72. The monoisotopic (exact) mass is 308 g/mol. The Morgan fingerprint density at radius 2 is 2.14 bits per heavy atom. The Morgan fingerprint density at radius 1 is 1.27 bits per heavy atom. The number of nitrogens with zero attached hydrogens (tertiary/aromatic N) is 2. The summed E-state index contributed by atoms with van der Waals surface area (Å²) in [6.45, 7) is 7.72. The van der Waals surface area contributed by atoms with E-state index in [-0.39, 0.29) is 0 Å². The molecule has 0 spiro atoms. The lowest BCUT2D eigenvalue weighted by Crippen LogP contribution is -2.37. The number of pyridine rings is 1. The Kier molecular flexibility index (Phi) is 9.78. The quantitative estimate of drug-likeness (QED) is 0.393. The van der Waals surface area contributed by atoms with Crippen LogP contribution in [0.3, 0.4) is 0 Å². The first-order valence-corrected chi connectivity index (χ1v) is 7.90. The standard InChI is InChI=1S/C16H28N4O2/c1-4-11-22-15-14(8-6-9-18-15)13-20-16(17-3)19-10-7-12-21-5-2/h6,8-9H,4-5,7,10-13H2,1-3H3,(H2,17,19,20). The molecular weight excluding hydrogens is 280 g/mol. The van der Waals surface area contributed by atoms with E-state index in [1.807, 2.05) is 19.1 Å². The molecule has 0 radical (unpaired) electrons. The topological polar surface area (TPSA) is 67.8 Å². The van der Waals surface area contributed by atoms with Crippen molar-refractivity contribution in [2.45, 2.75) is 33.2 Å². The fourth-order valence-electron chi connectivity index (χ4n) is 1.81. The maximum atomic E-state index is 5.65. The van der Waals surface area contributed by atoms with Crippen LogP contribution < -0.4 is 15.4 Å². The smallest absolute Gasteiger partial charge is 0.218 e. The number of aliphatic imine (C=N–C) groups is 1. The van der Waals surface area contributed by atoms with Crippen LogP contribution in [-0.4, -0.2) is 44.4 Å². The van der Waals surface area contributed by atoms with E-state index in [1.165, 1.54) is 0 Å². The first-order valence-electron chi connectivity index (χ1n) is 7.90. The van der Waals surface area contributed by atoms with E-state index < -0.39 is 0 Å². The summed E-state index contributed by atoms with van der Waals surface area (Å²) in [6, 6.07) is 3.92. The summed E-state index contributed by atoms with van der Waals surface area (Å²) in [5, 5.41) is 6.53. The van der Waals surface area contributed by atoms with E-state index >= 15 is 0 Å². The van der Waals surface area contributed by atoms with Gasteiger partial charge in [0.25, 0.3) is 0 Å². The van der Waals surface area contributed by atoms with Crippen LogP contribution in [0.5, 0.6) is 5.88 Å². The van der Waals surface area contributed by atoms with Crippen molar-refractivity contribution in [1.29, 1.82) is 0 Å². The van der Waals surface area contributed by atoms with Crippen LogP contribution in [0.4, 0.5) is 0 Å². The number of ether oxygens (including phenoxy) is 2. The molecule has 0 fully saturated rings. The number of hydrogen-bond acceptors (Lipinski definition) is 4. The molecule has 6 nitrogen and oxygen atoms in total. The minimum Gasteiger partial charge on any atom is -0.477 e. The highest BCUT2D eigenvalue weighted by molar-refractivity contribution is 5.79. The molecule has 0 aliphatic carbocycles. The van der Waals surface area contributed by atoms with Gasteiger partial charge in [0.05, 0.1) is 6.61 Å². The lowest BCUT2D eigenvalue weighted by molar-refractivity contribution is 0.145. The van der Waals surface area contributed by atoms with Gasteiger partial charge < -0.3 is 20.1 Å². The lowest BCUT2D eigenvalue weighted by Gasteiger charge is -2.14. The molecule has 1 aromatic rings. The van der Waals surface area contributed by atoms with Crippen LogP contribution in [0.25, 0.3) is 0 Å². The van der Waals surface area contributed by atoms with Gasteiger partial charge in [-0.05, 0) is 25.8 Å². The third-order valence-electron chi connectivity index (χ3n) is 2.92. The Hall–Kier alpha value is -1.82. The second-order valence-corrected chi connectivity index (χ2v) is 4.72. The maximum absolute atomic E-state index is 5.65. The number of guanidine groups is 1. The Bertz CT molecular complexity index is 438. The summed E-state index contributed by atoms with van der Waals surface area (Å²) in [5.74, 6) is 1.45. The van der Waals surface area contributed by atoms with Gasteiger partial charge in [-0.1, -0.05) is 13.0 Å². The van der Waals surface area contributed by atoms with Gasteiger partial charge in [-0.2, -0.15) is 0 Å². The second kappa shape index (κ2) is 11.8. The minimum atomic E-state index is 0.623. The molecule has 0 unspecified atom stereocenters. The number of rotatable bonds is 10. The molecule has 0 aromatic carbocycles. The van der Waals surface area contributed by atoms with E-state index in [4.69, 9.17) is 9.47 Å². The van der Waals surface area contributed by atoms with Crippen LogP contribution in [0, 0.1) is 0 Å². The van der Waals surface area contributed by atoms with E-state index in [0.717, 1.165) is 44.1 Å². The van der Waals surface area contributed by atoms with Crippen molar-refractivity contribution in [3.63, 3.8) is 0 Å². The molecular formula is C16H28N4O2. The van der Waals surface area contributed by atoms with Crippen molar-refractivity contribution in [1.82, 2.24) is 15.6 Å². The van der Waals surface area contributed by atoms with Crippen molar-refractivity contribution in [2.75, 3.05) is 33.4 Å². The van der Waals surface area contributed by atoms with Crippen LogP contribution in [0.15, 0.2) is 23.3 Å². The van der Waals surface area contributed by atoms with Gasteiger partial charge in [0.2, 0.25) is 5.88 Å². The number of nitrogens with one attached hydrogen (secondary N) is 2. The first-order chi connectivity index (χ1) is 10.8. The molecule has 0 aliphatic rings. The zero-order valence-corrected chi connectivity index (χ0v) is 13.9. The van der Waals surface area contributed by atoms with Crippen molar-refractivity contribution >= 4 is 5.96 Å². The average Bonchev–Trinajstić information content (AvgIpc) is 2.56. The van der Waals surface area contributed by atoms with Gasteiger partial charge in [-0.3, -0.25) is 4.99 Å². The molecule has 0 saturated heterocycles. The molecule has 22 heavy (non-hydrogen) atoms. The molecule has 0 saturated carbocycles. The van der Waals surface area contributed by atoms with E-state index in [0.29, 0.717) is 19.0 Å². The molecule has 124 valence electrons. The SMILES string of the molecule is CCCOc1ncccc1CNC(=NC)NCCCOCC. The molecule has 0 amide bonds. The summed E-state index contributed by atoms with van der Waals surface area (Å²) >= 11 is 0. The summed E-state index contributed by atoms with van der Waals surface area (Å²) in [7, 11) is 1.76. The highest BCUT2D eigenvalue weighted by Gasteiger charge is 2.05. The average molecular weight is 308 g/mol. The van der Waals surface area contributed by atoms with E-state index in [9.17, 15) is 0 Å². The molecule has 0 atom stereocenters. The molecule has 1 rings (SSSR count). The van der Waals surface area contributed by atoms with Crippen molar-refractivity contribution in [3.05, 3.63) is 23.9 Å². The van der Waals surface area contributed by atoms with Gasteiger partial charge in [0.1, 0.15) is 0 Å². The molecule has 2 N–H and O–H groups in total. The summed E-state index contributed by atoms with van der Waals surface area (Å²) in [6.07, 6.45) is 3.66. The fraction of sp³-hybridized carbons (Fsp3) is 0.625. The van der Waals surface area contributed by atoms with Crippen LogP contribution >= 0.6 is 0 Å². The fourth-order valence-corrected chi connectivity index (χ4v) is 1.81. The molecule has 1 heterocycles. The Morgan fingerprint density at radius 3 is 2.86 bits per heavy atom. The zero-order chi connectivity index (χ0) is 16.0. The summed E-state index contributed by atoms with van der Waals surface area (Å²) in [4.78, 5) is 8.48. The molecule has 6 heteroatoms. The van der Waals surface area contributed by atoms with Gasteiger partial charge in [0, 0.05) is 45.1 Å². The van der Waals surface area contributed by atoms with Crippen LogP contribution in [-0.2, 0) is 11.3 Å². The van der Waals surface area contributed by atoms with E-state index in [1.54, 1.807) is 13.2 Å². The van der Waals surface area contributed by atoms with Crippen molar-refractivity contribution in [2.24, 2.45) is 4.99 Å². The molecule has 0 aliphatic heterocycles. The predicted octanol–water partition coefficient (Wildman–Crippen LogP) is 1.96. The zero-order valence-electron chi connectivity index (χ0n) is 13.9. The number of aromatic nitrogens is 1. The van der Waals surface area contributed by atoms with Gasteiger partial charge in [-0.15, -0.1) is 0 Å². The highest BCUT2D eigenvalue weighted by Crippen LogP contribution is 2.13. The van der Waals surface area contributed by atoms with Crippen LogP contribution in [0.1, 0.15) is 32.3 Å². The third kappa shape index (κ3) is 7.26. The molecule has 0 bridgehead atoms. The summed E-state index contributed by atoms with van der Waals surface area (Å²) in [5.41, 5.74) is 1.02. The summed E-state index contributed by atoms with van der Waals surface area (Å²) < 4.78 is 11.0. The predicted molar refractivity (Wildman–Crippen MR) is 89.3 cm³/mol. The normalized spacial score (nSPS) is 11.3. The van der Waals surface area contributed by atoms with Crippen molar-refractivity contribution < 1.29 is 9.47 Å². The largest absolute Gasteiger partial charge is 0.477 e. The minimum absolute atomic E-state index is 0.623. The Labute approximate surface area is 133 Å². The van der Waals surface area contributed by atoms with Gasteiger partial charge in [-0.25, -0.2) is 4.98 Å². The van der Waals surface area contributed by atoms with Crippen molar-refractivity contribution in [3.8, 4) is 5.88 Å². The third-order valence-corrected chi connectivity index (χ3v) is 2.92. The van der Waals surface area contributed by atoms with Crippen LogP contribution in [0.2, 0.25) is 0 Å². The first kappa shape index (κ1) is 18.2. The highest BCUT2D eigenvalue weighted by atomic mass is 16.5. The van der Waals surface area contributed by atoms with Gasteiger partial charge >= 0.3 is 0 Å². The lowest BCUT2D eigenvalue weighted by atomic mass is 10.2. The van der Waals surface area contributed by atoms with Gasteiger partial charge in [0.15, 0.2) is 5.96 Å². The maximum Gasteiger partial charge on any atom is 0.218 e. The molecule has 1 aromatic heterocycles. The number of hydrogen-bond donors (Lipinski definition) is 2.